The lowest BCUT2D eigenvalue weighted by molar-refractivity contribution is 0.238. The molecule has 1 aliphatic heterocycles. The van der Waals surface area contributed by atoms with Crippen molar-refractivity contribution >= 4 is 0 Å². The van der Waals surface area contributed by atoms with Crippen LogP contribution in [0.15, 0.2) is 37.1 Å². The van der Waals surface area contributed by atoms with E-state index >= 15 is 0 Å². The quantitative estimate of drug-likeness (QED) is 0.632. The van der Waals surface area contributed by atoms with Crippen molar-refractivity contribution in [3.63, 3.8) is 0 Å². The van der Waals surface area contributed by atoms with E-state index in [4.69, 9.17) is 19.2 Å². The van der Waals surface area contributed by atoms with Gasteiger partial charge in [0.2, 0.25) is 0 Å². The van der Waals surface area contributed by atoms with E-state index in [0.29, 0.717) is 17.3 Å². The zero-order valence-corrected chi connectivity index (χ0v) is 16.8. The SMILES string of the molecule is COc1cc(OC)c(OC)cc1CN1CCc2nc(-c3cncnc3)ncc2C1. The largest absolute Gasteiger partial charge is 0.496 e. The van der Waals surface area contributed by atoms with Crippen molar-refractivity contribution < 1.29 is 14.2 Å². The maximum absolute atomic E-state index is 5.56. The summed E-state index contributed by atoms with van der Waals surface area (Å²) in [5.74, 6) is 2.80. The summed E-state index contributed by atoms with van der Waals surface area (Å²) in [6.07, 6.45) is 7.72. The Kier molecular flexibility index (Phi) is 5.53. The molecule has 1 aromatic carbocycles. The molecule has 0 aliphatic carbocycles. The zero-order chi connectivity index (χ0) is 20.2. The maximum atomic E-state index is 5.56. The number of hydrogen-bond donors (Lipinski definition) is 0. The second-order valence-electron chi connectivity index (χ2n) is 6.77. The van der Waals surface area contributed by atoms with Gasteiger partial charge in [-0.25, -0.2) is 19.9 Å². The fourth-order valence-corrected chi connectivity index (χ4v) is 3.52. The fourth-order valence-electron chi connectivity index (χ4n) is 3.52. The molecule has 4 rings (SSSR count). The molecule has 3 heterocycles. The van der Waals surface area contributed by atoms with Gasteiger partial charge in [0.15, 0.2) is 17.3 Å². The Morgan fingerprint density at radius 3 is 2.38 bits per heavy atom. The van der Waals surface area contributed by atoms with Crippen molar-refractivity contribution in [3.05, 3.63) is 53.9 Å². The average molecular weight is 393 g/mol. The number of nitrogens with zero attached hydrogens (tertiary/aromatic N) is 5. The third-order valence-electron chi connectivity index (χ3n) is 5.01. The van der Waals surface area contributed by atoms with Gasteiger partial charge in [-0.1, -0.05) is 0 Å². The predicted molar refractivity (Wildman–Crippen MR) is 107 cm³/mol. The molecule has 0 atom stereocenters. The topological polar surface area (TPSA) is 82.5 Å². The highest BCUT2D eigenvalue weighted by Crippen LogP contribution is 2.35. The van der Waals surface area contributed by atoms with Crippen LogP contribution < -0.4 is 14.2 Å². The minimum atomic E-state index is 0.655. The summed E-state index contributed by atoms with van der Waals surface area (Å²) < 4.78 is 16.4. The molecular formula is C21H23N5O3. The molecule has 2 aromatic heterocycles. The number of hydrogen-bond acceptors (Lipinski definition) is 8. The van der Waals surface area contributed by atoms with Gasteiger partial charge in [0.25, 0.3) is 0 Å². The monoisotopic (exact) mass is 393 g/mol. The number of ether oxygens (including phenoxy) is 3. The standard InChI is InChI=1S/C21H23N5O3/c1-27-18-7-20(29-3)19(28-2)6-14(18)11-26-5-4-17-16(12-26)10-24-21(25-17)15-8-22-13-23-9-15/h6-10,13H,4-5,11-12H2,1-3H3. The van der Waals surface area contributed by atoms with Crippen LogP contribution in [0.4, 0.5) is 0 Å². The molecule has 0 saturated heterocycles. The van der Waals surface area contributed by atoms with Crippen LogP contribution in [-0.2, 0) is 19.5 Å². The van der Waals surface area contributed by atoms with Crippen LogP contribution in [0.3, 0.4) is 0 Å². The molecule has 150 valence electrons. The zero-order valence-electron chi connectivity index (χ0n) is 16.8. The van der Waals surface area contributed by atoms with Gasteiger partial charge >= 0.3 is 0 Å². The Balaban J connectivity index is 1.54. The van der Waals surface area contributed by atoms with Gasteiger partial charge in [-0.05, 0) is 6.07 Å². The molecule has 8 nitrogen and oxygen atoms in total. The number of aromatic nitrogens is 4. The van der Waals surface area contributed by atoms with Gasteiger partial charge in [0.1, 0.15) is 12.1 Å². The van der Waals surface area contributed by atoms with E-state index < -0.39 is 0 Å². The van der Waals surface area contributed by atoms with Gasteiger partial charge in [-0.15, -0.1) is 0 Å². The van der Waals surface area contributed by atoms with Crippen LogP contribution >= 0.6 is 0 Å². The molecule has 8 heteroatoms. The van der Waals surface area contributed by atoms with Crippen LogP contribution in [0, 0.1) is 0 Å². The molecule has 0 N–H and O–H groups in total. The van der Waals surface area contributed by atoms with Gasteiger partial charge in [-0.2, -0.15) is 0 Å². The van der Waals surface area contributed by atoms with Gasteiger partial charge in [0, 0.05) is 61.8 Å². The summed E-state index contributed by atoms with van der Waals surface area (Å²) in [4.78, 5) is 19.7. The Hall–Kier alpha value is -3.26. The van der Waals surface area contributed by atoms with Crippen molar-refractivity contribution in [1.29, 1.82) is 0 Å². The van der Waals surface area contributed by atoms with E-state index in [0.717, 1.165) is 54.2 Å². The maximum Gasteiger partial charge on any atom is 0.164 e. The molecule has 29 heavy (non-hydrogen) atoms. The minimum Gasteiger partial charge on any atom is -0.496 e. The number of methoxy groups -OCH3 is 3. The second-order valence-corrected chi connectivity index (χ2v) is 6.77. The molecule has 0 spiro atoms. The molecule has 0 unspecified atom stereocenters. The van der Waals surface area contributed by atoms with E-state index in [1.54, 1.807) is 33.7 Å². The van der Waals surface area contributed by atoms with Crippen molar-refractivity contribution in [2.75, 3.05) is 27.9 Å². The summed E-state index contributed by atoms with van der Waals surface area (Å²) >= 11 is 0. The Labute approximate surface area is 169 Å². The van der Waals surface area contributed by atoms with Crippen LogP contribution in [0.1, 0.15) is 16.8 Å². The average Bonchev–Trinajstić information content (AvgIpc) is 2.79. The van der Waals surface area contributed by atoms with Gasteiger partial charge in [-0.3, -0.25) is 4.90 Å². The molecule has 1 aliphatic rings. The van der Waals surface area contributed by atoms with Crippen molar-refractivity contribution in [3.8, 4) is 28.6 Å². The normalized spacial score (nSPS) is 13.6. The lowest BCUT2D eigenvalue weighted by atomic mass is 10.1. The van der Waals surface area contributed by atoms with Gasteiger partial charge in [0.05, 0.1) is 32.6 Å². The Morgan fingerprint density at radius 1 is 0.931 bits per heavy atom. The third-order valence-corrected chi connectivity index (χ3v) is 5.01. The smallest absolute Gasteiger partial charge is 0.164 e. The minimum absolute atomic E-state index is 0.655. The molecule has 0 bridgehead atoms. The van der Waals surface area contributed by atoms with Crippen LogP contribution in [0.5, 0.6) is 17.2 Å². The number of rotatable bonds is 6. The second kappa shape index (κ2) is 8.40. The first-order chi connectivity index (χ1) is 14.2. The summed E-state index contributed by atoms with van der Waals surface area (Å²) in [5.41, 5.74) is 4.09. The lowest BCUT2D eigenvalue weighted by Crippen LogP contribution is -2.31. The number of benzene rings is 1. The van der Waals surface area contributed by atoms with Crippen molar-refractivity contribution in [2.24, 2.45) is 0 Å². The van der Waals surface area contributed by atoms with Crippen LogP contribution in [0.25, 0.3) is 11.4 Å². The van der Waals surface area contributed by atoms with E-state index in [9.17, 15) is 0 Å². The third kappa shape index (κ3) is 3.97. The lowest BCUT2D eigenvalue weighted by Gasteiger charge is -2.28. The molecule has 0 radical (unpaired) electrons. The van der Waals surface area contributed by atoms with E-state index in [-0.39, 0.29) is 0 Å². The Bertz CT molecular complexity index is 997. The first-order valence-electron chi connectivity index (χ1n) is 9.33. The van der Waals surface area contributed by atoms with Crippen LogP contribution in [0.2, 0.25) is 0 Å². The summed E-state index contributed by atoms with van der Waals surface area (Å²) in [6.45, 7) is 2.40. The summed E-state index contributed by atoms with van der Waals surface area (Å²) in [7, 11) is 4.92. The highest BCUT2D eigenvalue weighted by Gasteiger charge is 2.21. The van der Waals surface area contributed by atoms with E-state index in [1.165, 1.54) is 6.33 Å². The number of fused-ring (bicyclic) bond motifs is 1. The molecule has 0 saturated carbocycles. The summed E-state index contributed by atoms with van der Waals surface area (Å²) in [5, 5.41) is 0. The molecule has 0 fully saturated rings. The van der Waals surface area contributed by atoms with E-state index in [2.05, 4.69) is 19.9 Å². The molecular weight excluding hydrogens is 370 g/mol. The summed E-state index contributed by atoms with van der Waals surface area (Å²) in [6, 6.07) is 3.84. The van der Waals surface area contributed by atoms with Crippen molar-refractivity contribution in [1.82, 2.24) is 24.8 Å². The van der Waals surface area contributed by atoms with Crippen LogP contribution in [-0.4, -0.2) is 52.7 Å². The van der Waals surface area contributed by atoms with Crippen molar-refractivity contribution in [2.45, 2.75) is 19.5 Å². The highest BCUT2D eigenvalue weighted by atomic mass is 16.5. The van der Waals surface area contributed by atoms with E-state index in [1.807, 2.05) is 18.3 Å². The Morgan fingerprint density at radius 2 is 1.66 bits per heavy atom. The fraction of sp³-hybridized carbons (Fsp3) is 0.333. The molecule has 3 aromatic rings. The van der Waals surface area contributed by atoms with Gasteiger partial charge < -0.3 is 14.2 Å². The highest BCUT2D eigenvalue weighted by molar-refractivity contribution is 5.52. The molecule has 0 amide bonds. The first-order valence-corrected chi connectivity index (χ1v) is 9.33. The first kappa shape index (κ1) is 19.1. The predicted octanol–water partition coefficient (Wildman–Crippen LogP) is 2.52.